The second-order valence-corrected chi connectivity index (χ2v) is 4.48. The molecule has 0 unspecified atom stereocenters. The van der Waals surface area contributed by atoms with Crippen LogP contribution in [0.4, 0.5) is 5.69 Å². The molecule has 0 radical (unpaired) electrons. The number of phenols is 1. The Morgan fingerprint density at radius 2 is 1.86 bits per heavy atom. The highest BCUT2D eigenvalue weighted by molar-refractivity contribution is 6.10. The van der Waals surface area contributed by atoms with Crippen LogP contribution in [0.2, 0.25) is 0 Å². The van der Waals surface area contributed by atoms with Crippen LogP contribution >= 0.6 is 0 Å². The van der Waals surface area contributed by atoms with Crippen molar-refractivity contribution in [3.8, 4) is 5.75 Å². The van der Waals surface area contributed by atoms with Crippen LogP contribution in [0.3, 0.4) is 0 Å². The van der Waals surface area contributed by atoms with E-state index in [1.807, 2.05) is 0 Å². The molecule has 2 aromatic carbocycles. The largest absolute Gasteiger partial charge is 0.508 e. The first-order chi connectivity index (χ1) is 10.0. The van der Waals surface area contributed by atoms with Gasteiger partial charge in [-0.05, 0) is 42.8 Å². The smallest absolute Gasteiger partial charge is 0.255 e. The standard InChI is InChI=1S/C15H15N3O3/c1-9-3-2-4-12(13(9)14(16)18-21)17-15(20)10-5-7-11(19)8-6-10/h2-8,19,21H,1H3,(H2,16,18)(H,17,20). The third kappa shape index (κ3) is 3.11. The molecule has 5 N–H and O–H groups in total. The number of amidine groups is 1. The number of carbonyl (C=O) groups is 1. The van der Waals surface area contributed by atoms with Gasteiger partial charge < -0.3 is 21.4 Å². The van der Waals surface area contributed by atoms with E-state index in [2.05, 4.69) is 10.5 Å². The zero-order valence-electron chi connectivity index (χ0n) is 11.4. The summed E-state index contributed by atoms with van der Waals surface area (Å²) in [5.41, 5.74) is 7.72. The van der Waals surface area contributed by atoms with Crippen LogP contribution in [-0.4, -0.2) is 22.1 Å². The Kier molecular flexibility index (Phi) is 4.08. The van der Waals surface area contributed by atoms with E-state index in [0.29, 0.717) is 16.8 Å². The van der Waals surface area contributed by atoms with Crippen molar-refractivity contribution in [2.45, 2.75) is 6.92 Å². The highest BCUT2D eigenvalue weighted by Gasteiger charge is 2.13. The van der Waals surface area contributed by atoms with Crippen LogP contribution in [0, 0.1) is 6.92 Å². The van der Waals surface area contributed by atoms with Gasteiger partial charge in [-0.3, -0.25) is 4.79 Å². The Morgan fingerprint density at radius 3 is 2.48 bits per heavy atom. The Hall–Kier alpha value is -3.02. The number of nitrogens with two attached hydrogens (primary N) is 1. The average molecular weight is 285 g/mol. The van der Waals surface area contributed by atoms with Crippen molar-refractivity contribution in [2.24, 2.45) is 10.9 Å². The minimum Gasteiger partial charge on any atom is -0.508 e. The van der Waals surface area contributed by atoms with Gasteiger partial charge in [-0.25, -0.2) is 0 Å². The predicted molar refractivity (Wildman–Crippen MR) is 79.7 cm³/mol. The second-order valence-electron chi connectivity index (χ2n) is 4.48. The molecular weight excluding hydrogens is 270 g/mol. The number of aryl methyl sites for hydroxylation is 1. The van der Waals surface area contributed by atoms with Crippen molar-refractivity contribution < 1.29 is 15.1 Å². The summed E-state index contributed by atoms with van der Waals surface area (Å²) in [6.45, 7) is 1.80. The Balaban J connectivity index is 2.33. The molecule has 0 saturated heterocycles. The summed E-state index contributed by atoms with van der Waals surface area (Å²) in [5, 5.41) is 23.8. The van der Waals surface area contributed by atoms with Crippen molar-refractivity contribution in [3.63, 3.8) is 0 Å². The maximum absolute atomic E-state index is 12.2. The van der Waals surface area contributed by atoms with Crippen molar-refractivity contribution in [2.75, 3.05) is 5.32 Å². The highest BCUT2D eigenvalue weighted by atomic mass is 16.4. The van der Waals surface area contributed by atoms with Gasteiger partial charge in [0.2, 0.25) is 0 Å². The zero-order chi connectivity index (χ0) is 15.4. The summed E-state index contributed by atoms with van der Waals surface area (Å²) >= 11 is 0. The number of anilines is 1. The first-order valence-electron chi connectivity index (χ1n) is 6.21. The molecule has 0 bridgehead atoms. The molecule has 108 valence electrons. The fourth-order valence-electron chi connectivity index (χ4n) is 1.97. The van der Waals surface area contributed by atoms with E-state index < -0.39 is 0 Å². The lowest BCUT2D eigenvalue weighted by atomic mass is 10.1. The second kappa shape index (κ2) is 5.96. The summed E-state index contributed by atoms with van der Waals surface area (Å²) in [7, 11) is 0. The Bertz CT molecular complexity index is 694. The Morgan fingerprint density at radius 1 is 1.19 bits per heavy atom. The van der Waals surface area contributed by atoms with Crippen molar-refractivity contribution in [1.82, 2.24) is 0 Å². The number of nitrogens with zero attached hydrogens (tertiary/aromatic N) is 1. The fourth-order valence-corrected chi connectivity index (χ4v) is 1.97. The van der Waals surface area contributed by atoms with E-state index >= 15 is 0 Å². The molecule has 2 rings (SSSR count). The van der Waals surface area contributed by atoms with Crippen LogP contribution in [0.15, 0.2) is 47.6 Å². The molecule has 0 aliphatic rings. The van der Waals surface area contributed by atoms with Crippen molar-refractivity contribution in [1.29, 1.82) is 0 Å². The van der Waals surface area contributed by atoms with Crippen LogP contribution in [-0.2, 0) is 0 Å². The summed E-state index contributed by atoms with van der Waals surface area (Å²) < 4.78 is 0. The summed E-state index contributed by atoms with van der Waals surface area (Å²) in [5.74, 6) is -0.346. The van der Waals surface area contributed by atoms with E-state index in [0.717, 1.165) is 5.56 Å². The molecule has 0 aliphatic carbocycles. The van der Waals surface area contributed by atoms with Gasteiger partial charge in [0.1, 0.15) is 5.75 Å². The number of aromatic hydroxyl groups is 1. The van der Waals surface area contributed by atoms with Crippen molar-refractivity contribution in [3.05, 3.63) is 59.2 Å². The lowest BCUT2D eigenvalue weighted by Gasteiger charge is -2.12. The number of benzene rings is 2. The van der Waals surface area contributed by atoms with Gasteiger partial charge in [-0.1, -0.05) is 17.3 Å². The van der Waals surface area contributed by atoms with E-state index in [4.69, 9.17) is 10.9 Å². The monoisotopic (exact) mass is 285 g/mol. The maximum atomic E-state index is 12.2. The molecule has 1 amide bonds. The number of carbonyl (C=O) groups excluding carboxylic acids is 1. The predicted octanol–water partition coefficient (Wildman–Crippen LogP) is 2.05. The molecule has 0 saturated carbocycles. The summed E-state index contributed by atoms with van der Waals surface area (Å²) in [6.07, 6.45) is 0. The van der Waals surface area contributed by atoms with Gasteiger partial charge in [0.25, 0.3) is 5.91 Å². The molecule has 6 nitrogen and oxygen atoms in total. The summed E-state index contributed by atoms with van der Waals surface area (Å²) in [4.78, 5) is 12.2. The number of oxime groups is 1. The van der Waals surface area contributed by atoms with E-state index in [1.54, 1.807) is 25.1 Å². The molecule has 6 heteroatoms. The molecule has 0 spiro atoms. The minimum absolute atomic E-state index is 0.0749. The quantitative estimate of drug-likeness (QED) is 0.299. The van der Waals surface area contributed by atoms with Gasteiger partial charge in [-0.2, -0.15) is 0 Å². The molecule has 0 aliphatic heterocycles. The normalized spacial score (nSPS) is 11.2. The fraction of sp³-hybridized carbons (Fsp3) is 0.0667. The van der Waals surface area contributed by atoms with E-state index in [9.17, 15) is 9.90 Å². The number of phenolic OH excluding ortho intramolecular Hbond substituents is 1. The van der Waals surface area contributed by atoms with Crippen LogP contribution in [0.5, 0.6) is 5.75 Å². The molecule has 0 fully saturated rings. The van der Waals surface area contributed by atoms with Crippen molar-refractivity contribution >= 4 is 17.4 Å². The van der Waals surface area contributed by atoms with Crippen LogP contribution in [0.1, 0.15) is 21.5 Å². The van der Waals surface area contributed by atoms with Gasteiger partial charge in [0, 0.05) is 11.1 Å². The number of hydrogen-bond donors (Lipinski definition) is 4. The molecular formula is C15H15N3O3. The van der Waals surface area contributed by atoms with E-state index in [-0.39, 0.29) is 17.5 Å². The third-order valence-electron chi connectivity index (χ3n) is 3.01. The average Bonchev–Trinajstić information content (AvgIpc) is 2.47. The topological polar surface area (TPSA) is 108 Å². The molecule has 0 aromatic heterocycles. The molecule has 21 heavy (non-hydrogen) atoms. The lowest BCUT2D eigenvalue weighted by Crippen LogP contribution is -2.20. The number of amides is 1. The highest BCUT2D eigenvalue weighted by Crippen LogP contribution is 2.20. The number of nitrogens with one attached hydrogen (secondary N) is 1. The minimum atomic E-state index is -0.354. The van der Waals surface area contributed by atoms with Gasteiger partial charge in [-0.15, -0.1) is 0 Å². The first kappa shape index (κ1) is 14.4. The maximum Gasteiger partial charge on any atom is 0.255 e. The molecule has 0 heterocycles. The first-order valence-corrected chi connectivity index (χ1v) is 6.21. The Labute approximate surface area is 121 Å². The van der Waals surface area contributed by atoms with Gasteiger partial charge >= 0.3 is 0 Å². The third-order valence-corrected chi connectivity index (χ3v) is 3.01. The number of rotatable bonds is 3. The number of hydrogen-bond acceptors (Lipinski definition) is 4. The van der Waals surface area contributed by atoms with Crippen LogP contribution < -0.4 is 11.1 Å². The molecule has 0 atom stereocenters. The van der Waals surface area contributed by atoms with Gasteiger partial charge in [0.15, 0.2) is 5.84 Å². The van der Waals surface area contributed by atoms with Crippen LogP contribution in [0.25, 0.3) is 0 Å². The summed E-state index contributed by atoms with van der Waals surface area (Å²) in [6, 6.07) is 11.1. The molecule has 2 aromatic rings. The zero-order valence-corrected chi connectivity index (χ0v) is 11.4. The van der Waals surface area contributed by atoms with Gasteiger partial charge in [0.05, 0.1) is 5.69 Å². The van der Waals surface area contributed by atoms with E-state index in [1.165, 1.54) is 24.3 Å². The lowest BCUT2D eigenvalue weighted by molar-refractivity contribution is 0.102. The SMILES string of the molecule is Cc1cccc(NC(=O)c2ccc(O)cc2)c1/C(N)=N/O.